The molecular formula is C15H20N4O4S. The molecule has 0 saturated carbocycles. The number of methoxy groups -OCH3 is 1. The molecule has 0 unspecified atom stereocenters. The van der Waals surface area contributed by atoms with Crippen molar-refractivity contribution < 1.29 is 17.9 Å². The summed E-state index contributed by atoms with van der Waals surface area (Å²) in [6, 6.07) is 4.25. The minimum atomic E-state index is -3.84. The van der Waals surface area contributed by atoms with Gasteiger partial charge in [-0.15, -0.1) is 0 Å². The molecule has 0 fully saturated rings. The molecule has 2 N–H and O–H groups in total. The first-order valence-corrected chi connectivity index (χ1v) is 8.62. The number of carbonyl (C=O) groups excluding carboxylic acids is 1. The van der Waals surface area contributed by atoms with Crippen molar-refractivity contribution in [2.75, 3.05) is 17.1 Å². The van der Waals surface area contributed by atoms with Gasteiger partial charge >= 0.3 is 0 Å². The second kappa shape index (κ2) is 6.52. The van der Waals surface area contributed by atoms with Gasteiger partial charge in [-0.2, -0.15) is 5.10 Å². The monoisotopic (exact) mass is 352 g/mol. The number of aryl methyl sites for hydroxylation is 2. The average Bonchev–Trinajstić information content (AvgIpc) is 2.73. The summed E-state index contributed by atoms with van der Waals surface area (Å²) in [5.74, 6) is 0.0487. The lowest BCUT2D eigenvalue weighted by Crippen LogP contribution is -2.15. The van der Waals surface area contributed by atoms with Crippen LogP contribution < -0.4 is 14.8 Å². The first kappa shape index (κ1) is 17.8. The van der Waals surface area contributed by atoms with Gasteiger partial charge in [-0.25, -0.2) is 8.42 Å². The molecule has 0 aliphatic carbocycles. The molecule has 0 aliphatic heterocycles. The smallest absolute Gasteiger partial charge is 0.262 e. The number of benzene rings is 1. The van der Waals surface area contributed by atoms with Crippen LogP contribution in [0.2, 0.25) is 0 Å². The van der Waals surface area contributed by atoms with Crippen molar-refractivity contribution in [2.45, 2.75) is 25.7 Å². The van der Waals surface area contributed by atoms with E-state index in [2.05, 4.69) is 15.1 Å². The quantitative estimate of drug-likeness (QED) is 0.854. The second-order valence-corrected chi connectivity index (χ2v) is 7.00. The topological polar surface area (TPSA) is 102 Å². The standard InChI is InChI=1S/C15H20N4O4S/c1-9-15(10(2)19(4)17-9)18-24(21,22)12-6-7-14(23-5)13(8-12)16-11(3)20/h6-8,18H,1-5H3,(H,16,20). The Balaban J connectivity index is 2.44. The molecule has 1 aromatic carbocycles. The number of amides is 1. The van der Waals surface area contributed by atoms with Gasteiger partial charge in [-0.05, 0) is 32.0 Å². The van der Waals surface area contributed by atoms with Crippen molar-refractivity contribution in [3.05, 3.63) is 29.6 Å². The Labute approximate surface area is 140 Å². The van der Waals surface area contributed by atoms with E-state index < -0.39 is 10.0 Å². The fraction of sp³-hybridized carbons (Fsp3) is 0.333. The number of ether oxygens (including phenoxy) is 1. The van der Waals surface area contributed by atoms with Crippen LogP contribution in [0.4, 0.5) is 11.4 Å². The van der Waals surface area contributed by atoms with E-state index in [1.807, 2.05) is 0 Å². The maximum atomic E-state index is 12.7. The highest BCUT2D eigenvalue weighted by Crippen LogP contribution is 2.29. The number of nitrogens with one attached hydrogen (secondary N) is 2. The predicted molar refractivity (Wildman–Crippen MR) is 90.8 cm³/mol. The number of carbonyl (C=O) groups is 1. The average molecular weight is 352 g/mol. The number of hydrogen-bond donors (Lipinski definition) is 2. The van der Waals surface area contributed by atoms with Gasteiger partial charge in [0.25, 0.3) is 10.0 Å². The number of rotatable bonds is 5. The van der Waals surface area contributed by atoms with E-state index in [-0.39, 0.29) is 16.5 Å². The highest BCUT2D eigenvalue weighted by molar-refractivity contribution is 7.92. The van der Waals surface area contributed by atoms with Crippen LogP contribution in [-0.4, -0.2) is 31.2 Å². The predicted octanol–water partition coefficient (Wildman–Crippen LogP) is 1.80. The van der Waals surface area contributed by atoms with E-state index in [4.69, 9.17) is 4.74 Å². The van der Waals surface area contributed by atoms with Crippen molar-refractivity contribution in [3.8, 4) is 5.75 Å². The van der Waals surface area contributed by atoms with E-state index in [1.54, 1.807) is 25.6 Å². The SMILES string of the molecule is COc1ccc(S(=O)(=O)Nc2c(C)nn(C)c2C)cc1NC(C)=O. The van der Waals surface area contributed by atoms with Crippen LogP contribution in [-0.2, 0) is 21.9 Å². The molecule has 0 aliphatic rings. The summed E-state index contributed by atoms with van der Waals surface area (Å²) < 4.78 is 34.6. The second-order valence-electron chi connectivity index (χ2n) is 5.32. The van der Waals surface area contributed by atoms with E-state index in [1.165, 1.54) is 32.2 Å². The largest absolute Gasteiger partial charge is 0.495 e. The van der Waals surface area contributed by atoms with Gasteiger partial charge in [0.1, 0.15) is 5.75 Å². The van der Waals surface area contributed by atoms with Crippen LogP contribution in [0, 0.1) is 13.8 Å². The fourth-order valence-electron chi connectivity index (χ4n) is 2.26. The minimum Gasteiger partial charge on any atom is -0.495 e. The van der Waals surface area contributed by atoms with Crippen molar-refractivity contribution in [3.63, 3.8) is 0 Å². The zero-order valence-corrected chi connectivity index (χ0v) is 15.0. The Morgan fingerprint density at radius 2 is 1.96 bits per heavy atom. The van der Waals surface area contributed by atoms with Crippen LogP contribution in [0.25, 0.3) is 0 Å². The third-order valence-corrected chi connectivity index (χ3v) is 4.88. The number of sulfonamides is 1. The van der Waals surface area contributed by atoms with Crippen molar-refractivity contribution in [1.82, 2.24) is 9.78 Å². The van der Waals surface area contributed by atoms with E-state index in [0.29, 0.717) is 22.8 Å². The molecular weight excluding hydrogens is 332 g/mol. The van der Waals surface area contributed by atoms with E-state index >= 15 is 0 Å². The zero-order valence-electron chi connectivity index (χ0n) is 14.2. The minimum absolute atomic E-state index is 0.00898. The van der Waals surface area contributed by atoms with Gasteiger partial charge in [-0.1, -0.05) is 0 Å². The van der Waals surface area contributed by atoms with Crippen LogP contribution in [0.5, 0.6) is 5.75 Å². The Bertz CT molecular complexity index is 887. The third kappa shape index (κ3) is 3.51. The summed E-state index contributed by atoms with van der Waals surface area (Å²) in [7, 11) is -0.660. The van der Waals surface area contributed by atoms with Crippen LogP contribution in [0.3, 0.4) is 0 Å². The molecule has 130 valence electrons. The molecule has 0 radical (unpaired) electrons. The van der Waals surface area contributed by atoms with Gasteiger partial charge in [0.15, 0.2) is 0 Å². The lowest BCUT2D eigenvalue weighted by Gasteiger charge is -2.13. The Morgan fingerprint density at radius 1 is 1.29 bits per heavy atom. The van der Waals surface area contributed by atoms with Gasteiger partial charge in [-0.3, -0.25) is 14.2 Å². The number of anilines is 2. The molecule has 8 nitrogen and oxygen atoms in total. The molecule has 9 heteroatoms. The third-order valence-electron chi connectivity index (χ3n) is 3.54. The molecule has 0 bridgehead atoms. The summed E-state index contributed by atoms with van der Waals surface area (Å²) in [6.45, 7) is 4.83. The molecule has 1 amide bonds. The van der Waals surface area contributed by atoms with Gasteiger partial charge in [0.05, 0.1) is 34.8 Å². The molecule has 1 aromatic heterocycles. The first-order valence-electron chi connectivity index (χ1n) is 7.14. The fourth-order valence-corrected chi connectivity index (χ4v) is 3.46. The highest BCUT2D eigenvalue weighted by atomic mass is 32.2. The van der Waals surface area contributed by atoms with Gasteiger partial charge in [0, 0.05) is 14.0 Å². The Morgan fingerprint density at radius 3 is 2.46 bits per heavy atom. The molecule has 0 atom stereocenters. The number of aromatic nitrogens is 2. The molecule has 2 aromatic rings. The molecule has 24 heavy (non-hydrogen) atoms. The zero-order chi connectivity index (χ0) is 18.1. The number of nitrogens with zero attached hydrogens (tertiary/aromatic N) is 2. The first-order chi connectivity index (χ1) is 11.2. The van der Waals surface area contributed by atoms with Crippen molar-refractivity contribution in [1.29, 1.82) is 0 Å². The van der Waals surface area contributed by atoms with Gasteiger partial charge in [0.2, 0.25) is 5.91 Å². The maximum Gasteiger partial charge on any atom is 0.262 e. The lowest BCUT2D eigenvalue weighted by molar-refractivity contribution is -0.114. The molecule has 0 spiro atoms. The maximum absolute atomic E-state index is 12.7. The van der Waals surface area contributed by atoms with E-state index in [0.717, 1.165) is 0 Å². The summed E-state index contributed by atoms with van der Waals surface area (Å²) in [5.41, 5.74) is 2.00. The van der Waals surface area contributed by atoms with Crippen LogP contribution in [0.15, 0.2) is 23.1 Å². The summed E-state index contributed by atoms with van der Waals surface area (Å²) in [6.07, 6.45) is 0. The Hall–Kier alpha value is -2.55. The van der Waals surface area contributed by atoms with Crippen molar-refractivity contribution in [2.24, 2.45) is 7.05 Å². The summed E-state index contributed by atoms with van der Waals surface area (Å²) in [4.78, 5) is 11.3. The van der Waals surface area contributed by atoms with Gasteiger partial charge < -0.3 is 10.1 Å². The molecule has 0 saturated heterocycles. The highest BCUT2D eigenvalue weighted by Gasteiger charge is 2.21. The lowest BCUT2D eigenvalue weighted by atomic mass is 10.3. The molecule has 1 heterocycles. The van der Waals surface area contributed by atoms with E-state index in [9.17, 15) is 13.2 Å². The summed E-state index contributed by atoms with van der Waals surface area (Å²) >= 11 is 0. The number of hydrogen-bond acceptors (Lipinski definition) is 5. The van der Waals surface area contributed by atoms with Crippen LogP contribution in [0.1, 0.15) is 18.3 Å². The normalized spacial score (nSPS) is 11.2. The molecule has 2 rings (SSSR count). The van der Waals surface area contributed by atoms with Crippen LogP contribution >= 0.6 is 0 Å². The summed E-state index contributed by atoms with van der Waals surface area (Å²) in [5, 5.41) is 6.74. The Kier molecular flexibility index (Phi) is 4.83. The van der Waals surface area contributed by atoms with Crippen molar-refractivity contribution >= 4 is 27.3 Å².